The number of pyridine rings is 1. The van der Waals surface area contributed by atoms with Gasteiger partial charge in [0.15, 0.2) is 0 Å². The van der Waals surface area contributed by atoms with Gasteiger partial charge in [0.2, 0.25) is 0 Å². The van der Waals surface area contributed by atoms with E-state index in [9.17, 15) is 0 Å². The van der Waals surface area contributed by atoms with Crippen molar-refractivity contribution in [1.29, 1.82) is 5.26 Å². The minimum atomic E-state index is 0.300. The fourth-order valence-electron chi connectivity index (χ4n) is 2.77. The van der Waals surface area contributed by atoms with Crippen molar-refractivity contribution in [3.8, 4) is 6.07 Å². The highest BCUT2D eigenvalue weighted by Gasteiger charge is 2.41. The van der Waals surface area contributed by atoms with Crippen LogP contribution in [0, 0.1) is 18.3 Å². The van der Waals surface area contributed by atoms with Crippen molar-refractivity contribution in [3.63, 3.8) is 0 Å². The molecule has 0 spiro atoms. The second-order valence-electron chi connectivity index (χ2n) is 4.82. The van der Waals surface area contributed by atoms with Crippen molar-refractivity contribution in [2.75, 3.05) is 5.32 Å². The van der Waals surface area contributed by atoms with Crippen LogP contribution in [0.4, 0.5) is 5.82 Å². The summed E-state index contributed by atoms with van der Waals surface area (Å²) in [5, 5.41) is 12.5. The monoisotopic (exact) mass is 229 g/mol. The highest BCUT2D eigenvalue weighted by Crippen LogP contribution is 2.36. The molecule has 4 heteroatoms. The van der Waals surface area contributed by atoms with Gasteiger partial charge in [-0.1, -0.05) is 0 Å². The normalized spacial score (nSPS) is 30.2. The number of fused-ring (bicyclic) bond motifs is 2. The number of aryl methyl sites for hydroxylation is 1. The summed E-state index contributed by atoms with van der Waals surface area (Å²) in [6.45, 7) is 1.93. The maximum atomic E-state index is 9.14. The number of hydrogen-bond acceptors (Lipinski definition) is 4. The number of nitriles is 1. The van der Waals surface area contributed by atoms with Crippen LogP contribution in [0.5, 0.6) is 0 Å². The summed E-state index contributed by atoms with van der Waals surface area (Å²) in [7, 11) is 0. The van der Waals surface area contributed by atoms with E-state index in [1.54, 1.807) is 6.20 Å². The summed E-state index contributed by atoms with van der Waals surface area (Å²) in [6.07, 6.45) is 5.78. The average molecular weight is 229 g/mol. The van der Waals surface area contributed by atoms with Gasteiger partial charge in [-0.05, 0) is 37.8 Å². The minimum Gasteiger partial charge on any atom is -0.373 e. The smallest absolute Gasteiger partial charge is 0.144 e. The summed E-state index contributed by atoms with van der Waals surface area (Å²) in [5.41, 5.74) is 1.62. The standard InChI is InChI=1S/C13H15N3O/c1-8-4-5-15-13(10(8)7-14)16-11-6-9-2-3-12(11)17-9/h4-5,9,11-12H,2-3,6H2,1H3,(H,15,16). The molecule has 2 fully saturated rings. The van der Waals surface area contributed by atoms with Crippen LogP contribution in [0.2, 0.25) is 0 Å². The van der Waals surface area contributed by atoms with Gasteiger partial charge in [-0.15, -0.1) is 0 Å². The summed E-state index contributed by atoms with van der Waals surface area (Å²) >= 11 is 0. The van der Waals surface area contributed by atoms with Gasteiger partial charge in [0, 0.05) is 6.20 Å². The molecule has 2 bridgehead atoms. The molecule has 4 nitrogen and oxygen atoms in total. The maximum Gasteiger partial charge on any atom is 0.144 e. The van der Waals surface area contributed by atoms with Crippen LogP contribution in [0.15, 0.2) is 12.3 Å². The Bertz CT molecular complexity index is 480. The summed E-state index contributed by atoms with van der Waals surface area (Å²) in [5.74, 6) is 0.702. The van der Waals surface area contributed by atoms with Gasteiger partial charge in [-0.3, -0.25) is 0 Å². The van der Waals surface area contributed by atoms with E-state index in [2.05, 4.69) is 16.4 Å². The van der Waals surface area contributed by atoms with Crippen molar-refractivity contribution < 1.29 is 4.74 Å². The predicted molar refractivity (Wildman–Crippen MR) is 63.6 cm³/mol. The summed E-state index contributed by atoms with van der Waals surface area (Å²) in [6, 6.07) is 4.39. The van der Waals surface area contributed by atoms with Gasteiger partial charge in [0.25, 0.3) is 0 Å². The highest BCUT2D eigenvalue weighted by molar-refractivity contribution is 5.56. The van der Waals surface area contributed by atoms with Crippen molar-refractivity contribution in [3.05, 3.63) is 23.4 Å². The quantitative estimate of drug-likeness (QED) is 0.842. The molecule has 3 heterocycles. The molecule has 0 radical (unpaired) electrons. The van der Waals surface area contributed by atoms with Gasteiger partial charge in [0.1, 0.15) is 11.9 Å². The number of aromatic nitrogens is 1. The zero-order valence-corrected chi connectivity index (χ0v) is 9.81. The molecule has 2 saturated heterocycles. The third kappa shape index (κ3) is 1.77. The van der Waals surface area contributed by atoms with Crippen molar-refractivity contribution in [1.82, 2.24) is 4.98 Å². The van der Waals surface area contributed by atoms with Crippen LogP contribution in [-0.2, 0) is 4.74 Å². The zero-order valence-electron chi connectivity index (χ0n) is 9.81. The molecular formula is C13H15N3O. The minimum absolute atomic E-state index is 0.300. The van der Waals surface area contributed by atoms with Crippen LogP contribution >= 0.6 is 0 Å². The first-order valence-corrected chi connectivity index (χ1v) is 6.05. The van der Waals surface area contributed by atoms with E-state index in [1.165, 1.54) is 6.42 Å². The van der Waals surface area contributed by atoms with Crippen molar-refractivity contribution in [2.45, 2.75) is 44.4 Å². The molecule has 3 atom stereocenters. The van der Waals surface area contributed by atoms with Crippen LogP contribution in [0.1, 0.15) is 30.4 Å². The predicted octanol–water partition coefficient (Wildman–Crippen LogP) is 1.99. The molecule has 0 aromatic carbocycles. The van der Waals surface area contributed by atoms with E-state index < -0.39 is 0 Å². The molecular weight excluding hydrogens is 214 g/mol. The van der Waals surface area contributed by atoms with E-state index >= 15 is 0 Å². The number of rotatable bonds is 2. The van der Waals surface area contributed by atoms with Crippen LogP contribution in [0.3, 0.4) is 0 Å². The molecule has 1 aromatic rings. The van der Waals surface area contributed by atoms with E-state index in [0.717, 1.165) is 18.4 Å². The van der Waals surface area contributed by atoms with Crippen LogP contribution < -0.4 is 5.32 Å². The van der Waals surface area contributed by atoms with Crippen molar-refractivity contribution >= 4 is 5.82 Å². The Morgan fingerprint density at radius 1 is 1.53 bits per heavy atom. The summed E-state index contributed by atoms with van der Waals surface area (Å²) in [4.78, 5) is 4.27. The van der Waals surface area contributed by atoms with E-state index in [0.29, 0.717) is 29.6 Å². The number of hydrogen-bond donors (Lipinski definition) is 1. The Balaban J connectivity index is 1.82. The lowest BCUT2D eigenvalue weighted by atomic mass is 9.95. The fourth-order valence-corrected chi connectivity index (χ4v) is 2.77. The number of nitrogens with one attached hydrogen (secondary N) is 1. The zero-order chi connectivity index (χ0) is 11.8. The first kappa shape index (κ1) is 10.5. The first-order chi connectivity index (χ1) is 8.28. The Kier molecular flexibility index (Phi) is 2.49. The Labute approximate surface area is 101 Å². The third-order valence-corrected chi connectivity index (χ3v) is 3.70. The van der Waals surface area contributed by atoms with Gasteiger partial charge in [-0.2, -0.15) is 5.26 Å². The van der Waals surface area contributed by atoms with E-state index in [-0.39, 0.29) is 0 Å². The van der Waals surface area contributed by atoms with Gasteiger partial charge in [0.05, 0.1) is 23.8 Å². The van der Waals surface area contributed by atoms with Crippen molar-refractivity contribution in [2.24, 2.45) is 0 Å². The molecule has 0 saturated carbocycles. The van der Waals surface area contributed by atoms with Gasteiger partial charge >= 0.3 is 0 Å². The molecule has 0 amide bonds. The molecule has 2 aliphatic heterocycles. The second-order valence-corrected chi connectivity index (χ2v) is 4.82. The lowest BCUT2D eigenvalue weighted by Crippen LogP contribution is -2.31. The lowest BCUT2D eigenvalue weighted by Gasteiger charge is -2.21. The molecule has 0 aliphatic carbocycles. The van der Waals surface area contributed by atoms with Gasteiger partial charge in [-0.25, -0.2) is 4.98 Å². The Morgan fingerprint density at radius 2 is 2.41 bits per heavy atom. The Hall–Kier alpha value is -1.60. The largest absolute Gasteiger partial charge is 0.373 e. The average Bonchev–Trinajstić information content (AvgIpc) is 2.91. The van der Waals surface area contributed by atoms with Crippen LogP contribution in [-0.4, -0.2) is 23.2 Å². The number of ether oxygens (including phenoxy) is 1. The van der Waals surface area contributed by atoms with E-state index in [4.69, 9.17) is 10.00 Å². The maximum absolute atomic E-state index is 9.14. The summed E-state index contributed by atoms with van der Waals surface area (Å²) < 4.78 is 5.79. The van der Waals surface area contributed by atoms with Crippen LogP contribution in [0.25, 0.3) is 0 Å². The SMILES string of the molecule is Cc1ccnc(NC2CC3CCC2O3)c1C#N. The second kappa shape index (κ2) is 4.01. The fraction of sp³-hybridized carbons (Fsp3) is 0.538. The van der Waals surface area contributed by atoms with Gasteiger partial charge < -0.3 is 10.1 Å². The first-order valence-electron chi connectivity index (χ1n) is 6.05. The third-order valence-electron chi connectivity index (χ3n) is 3.70. The molecule has 2 aliphatic rings. The molecule has 3 rings (SSSR count). The number of anilines is 1. The Morgan fingerprint density at radius 3 is 3.06 bits per heavy atom. The topological polar surface area (TPSA) is 57.9 Å². The highest BCUT2D eigenvalue weighted by atomic mass is 16.5. The lowest BCUT2D eigenvalue weighted by molar-refractivity contribution is 0.102. The molecule has 1 N–H and O–H groups in total. The van der Waals surface area contributed by atoms with E-state index in [1.807, 2.05) is 13.0 Å². The molecule has 88 valence electrons. The molecule has 3 unspecified atom stereocenters. The molecule has 1 aromatic heterocycles. The molecule has 17 heavy (non-hydrogen) atoms. The number of nitrogens with zero attached hydrogens (tertiary/aromatic N) is 2.